The maximum absolute atomic E-state index is 12.8. The first kappa shape index (κ1) is 17.5. The lowest BCUT2D eigenvalue weighted by atomic mass is 10.2. The van der Waals surface area contributed by atoms with Crippen molar-refractivity contribution in [3.05, 3.63) is 57.6 Å². The smallest absolute Gasteiger partial charge is 0.267 e. The number of pyridine rings is 1. The highest BCUT2D eigenvalue weighted by atomic mass is 32.1. The number of hydrogen-bond acceptors (Lipinski definition) is 7. The summed E-state index contributed by atoms with van der Waals surface area (Å²) in [6.07, 6.45) is 5.12. The molecule has 0 aliphatic carbocycles. The van der Waals surface area contributed by atoms with E-state index < -0.39 is 0 Å². The largest absolute Gasteiger partial charge is 0.333 e. The molecule has 0 bridgehead atoms. The lowest BCUT2D eigenvalue weighted by molar-refractivity contribution is 0.0724. The summed E-state index contributed by atoms with van der Waals surface area (Å²) in [5.74, 6) is -0.0664. The Labute approximate surface area is 159 Å². The SMILES string of the molecule is Cc1nnsc1C(=O)N1CCCC1Cn1nc(-c2ccncc2)ccc1=O. The van der Waals surface area contributed by atoms with Crippen molar-refractivity contribution >= 4 is 17.4 Å². The Morgan fingerprint density at radius 2 is 2.07 bits per heavy atom. The van der Waals surface area contributed by atoms with E-state index in [2.05, 4.69) is 19.7 Å². The Bertz CT molecular complexity index is 1020. The van der Waals surface area contributed by atoms with E-state index in [4.69, 9.17) is 0 Å². The number of hydrogen-bond donors (Lipinski definition) is 0. The van der Waals surface area contributed by atoms with E-state index >= 15 is 0 Å². The van der Waals surface area contributed by atoms with Crippen molar-refractivity contribution in [3.63, 3.8) is 0 Å². The normalized spacial score (nSPS) is 16.6. The molecule has 1 saturated heterocycles. The van der Waals surface area contributed by atoms with Crippen LogP contribution in [-0.4, -0.2) is 47.7 Å². The van der Waals surface area contributed by atoms with Gasteiger partial charge in [-0.15, -0.1) is 5.10 Å². The summed E-state index contributed by atoms with van der Waals surface area (Å²) in [5.41, 5.74) is 2.06. The van der Waals surface area contributed by atoms with Gasteiger partial charge in [0.25, 0.3) is 11.5 Å². The summed E-state index contributed by atoms with van der Waals surface area (Å²) in [4.78, 5) is 31.5. The van der Waals surface area contributed by atoms with Crippen molar-refractivity contribution < 1.29 is 4.79 Å². The van der Waals surface area contributed by atoms with E-state index in [9.17, 15) is 9.59 Å². The second-order valence-corrected chi connectivity index (χ2v) is 7.21. The third kappa shape index (κ3) is 3.50. The molecular weight excluding hydrogens is 364 g/mol. The molecule has 138 valence electrons. The van der Waals surface area contributed by atoms with Gasteiger partial charge in [-0.2, -0.15) is 5.10 Å². The number of aromatic nitrogens is 5. The molecule has 4 heterocycles. The summed E-state index contributed by atoms with van der Waals surface area (Å²) in [6, 6.07) is 6.85. The molecule has 8 nitrogen and oxygen atoms in total. The fourth-order valence-electron chi connectivity index (χ4n) is 3.31. The fourth-order valence-corrected chi connectivity index (χ4v) is 3.92. The molecule has 9 heteroatoms. The molecule has 1 amide bonds. The molecule has 0 saturated carbocycles. The minimum Gasteiger partial charge on any atom is -0.333 e. The molecule has 1 atom stereocenters. The maximum atomic E-state index is 12.8. The molecule has 3 aromatic heterocycles. The third-order valence-corrected chi connectivity index (χ3v) is 5.53. The van der Waals surface area contributed by atoms with Gasteiger partial charge in [0, 0.05) is 30.6 Å². The van der Waals surface area contributed by atoms with Gasteiger partial charge in [-0.05, 0) is 49.5 Å². The van der Waals surface area contributed by atoms with Crippen LogP contribution in [0.2, 0.25) is 0 Å². The maximum Gasteiger partial charge on any atom is 0.267 e. The molecule has 1 aliphatic rings. The van der Waals surface area contributed by atoms with Crippen LogP contribution in [0.1, 0.15) is 28.2 Å². The predicted molar refractivity (Wildman–Crippen MR) is 100 cm³/mol. The minimum absolute atomic E-state index is 0.0664. The van der Waals surface area contributed by atoms with Crippen LogP contribution in [-0.2, 0) is 6.54 Å². The van der Waals surface area contributed by atoms with Gasteiger partial charge >= 0.3 is 0 Å². The number of rotatable bonds is 4. The van der Waals surface area contributed by atoms with Gasteiger partial charge in [0.05, 0.1) is 24.0 Å². The Balaban J connectivity index is 1.59. The number of aryl methyl sites for hydroxylation is 1. The highest BCUT2D eigenvalue weighted by Crippen LogP contribution is 2.23. The molecule has 0 N–H and O–H groups in total. The Kier molecular flexibility index (Phi) is 4.76. The zero-order valence-electron chi connectivity index (χ0n) is 14.8. The molecule has 1 fully saturated rings. The van der Waals surface area contributed by atoms with Gasteiger partial charge < -0.3 is 4.90 Å². The van der Waals surface area contributed by atoms with Crippen molar-refractivity contribution in [3.8, 4) is 11.3 Å². The van der Waals surface area contributed by atoms with Crippen LogP contribution >= 0.6 is 11.5 Å². The zero-order chi connectivity index (χ0) is 18.8. The summed E-state index contributed by atoms with van der Waals surface area (Å²) >= 11 is 1.11. The predicted octanol–water partition coefficient (Wildman–Crippen LogP) is 1.77. The molecular formula is C18H18N6O2S. The van der Waals surface area contributed by atoms with Crippen molar-refractivity contribution in [2.45, 2.75) is 32.4 Å². The van der Waals surface area contributed by atoms with Gasteiger partial charge in [0.1, 0.15) is 4.88 Å². The molecule has 1 unspecified atom stereocenters. The van der Waals surface area contributed by atoms with Crippen molar-refractivity contribution in [1.82, 2.24) is 29.3 Å². The van der Waals surface area contributed by atoms with E-state index in [0.717, 1.165) is 29.9 Å². The summed E-state index contributed by atoms with van der Waals surface area (Å²) in [6.45, 7) is 2.82. The van der Waals surface area contributed by atoms with Crippen LogP contribution in [0.15, 0.2) is 41.5 Å². The molecule has 4 rings (SSSR count). The molecule has 1 aliphatic heterocycles. The van der Waals surface area contributed by atoms with E-state index in [1.807, 2.05) is 17.0 Å². The number of nitrogens with zero attached hydrogens (tertiary/aromatic N) is 6. The molecule has 0 radical (unpaired) electrons. The summed E-state index contributed by atoms with van der Waals surface area (Å²) in [7, 11) is 0. The van der Waals surface area contributed by atoms with Crippen LogP contribution in [0.5, 0.6) is 0 Å². The van der Waals surface area contributed by atoms with Crippen molar-refractivity contribution in [2.75, 3.05) is 6.54 Å². The monoisotopic (exact) mass is 382 g/mol. The third-order valence-electron chi connectivity index (χ3n) is 4.71. The van der Waals surface area contributed by atoms with E-state index in [1.54, 1.807) is 25.4 Å². The standard InChI is InChI=1S/C18H18N6O2S/c1-12-17(27-22-20-12)18(26)23-10-2-3-14(23)11-24-16(25)5-4-15(21-24)13-6-8-19-9-7-13/h4-9,14H,2-3,10-11H2,1H3. The first-order chi connectivity index (χ1) is 13.1. The van der Waals surface area contributed by atoms with Gasteiger partial charge in [0.15, 0.2) is 0 Å². The molecule has 0 spiro atoms. The quantitative estimate of drug-likeness (QED) is 0.683. The average molecular weight is 382 g/mol. The van der Waals surface area contributed by atoms with E-state index in [0.29, 0.717) is 29.4 Å². The van der Waals surface area contributed by atoms with E-state index in [-0.39, 0.29) is 17.5 Å². The van der Waals surface area contributed by atoms with Gasteiger partial charge in [0.2, 0.25) is 0 Å². The lowest BCUT2D eigenvalue weighted by Gasteiger charge is -2.24. The van der Waals surface area contributed by atoms with Crippen LogP contribution in [0.25, 0.3) is 11.3 Å². The molecule has 3 aromatic rings. The lowest BCUT2D eigenvalue weighted by Crippen LogP contribution is -2.40. The zero-order valence-corrected chi connectivity index (χ0v) is 15.6. The van der Waals surface area contributed by atoms with E-state index in [1.165, 1.54) is 10.7 Å². The van der Waals surface area contributed by atoms with Gasteiger partial charge in [-0.25, -0.2) is 4.68 Å². The van der Waals surface area contributed by atoms with Crippen LogP contribution in [0.4, 0.5) is 0 Å². The van der Waals surface area contributed by atoms with Crippen LogP contribution in [0.3, 0.4) is 0 Å². The second-order valence-electron chi connectivity index (χ2n) is 6.46. The number of carbonyl (C=O) groups is 1. The summed E-state index contributed by atoms with van der Waals surface area (Å²) < 4.78 is 5.30. The topological polar surface area (TPSA) is 93.9 Å². The highest BCUT2D eigenvalue weighted by Gasteiger charge is 2.32. The van der Waals surface area contributed by atoms with Crippen LogP contribution in [0, 0.1) is 6.92 Å². The molecule has 0 aromatic carbocycles. The second kappa shape index (κ2) is 7.36. The number of likely N-dealkylation sites (tertiary alicyclic amines) is 1. The van der Waals surface area contributed by atoms with Crippen molar-refractivity contribution in [1.29, 1.82) is 0 Å². The fraction of sp³-hybridized carbons (Fsp3) is 0.333. The van der Waals surface area contributed by atoms with Gasteiger partial charge in [-0.1, -0.05) is 4.49 Å². The van der Waals surface area contributed by atoms with Gasteiger partial charge in [-0.3, -0.25) is 14.6 Å². The number of amides is 1. The van der Waals surface area contributed by atoms with Crippen LogP contribution < -0.4 is 5.56 Å². The Hall–Kier alpha value is -2.94. The summed E-state index contributed by atoms with van der Waals surface area (Å²) in [5, 5.41) is 8.42. The first-order valence-electron chi connectivity index (χ1n) is 8.72. The first-order valence-corrected chi connectivity index (χ1v) is 9.49. The average Bonchev–Trinajstić information content (AvgIpc) is 3.32. The molecule has 27 heavy (non-hydrogen) atoms. The minimum atomic E-state index is -0.178. The Morgan fingerprint density at radius 1 is 1.26 bits per heavy atom. The highest BCUT2D eigenvalue weighted by molar-refractivity contribution is 7.07. The Morgan fingerprint density at radius 3 is 2.81 bits per heavy atom. The number of carbonyl (C=O) groups excluding carboxylic acids is 1. The van der Waals surface area contributed by atoms with Crippen molar-refractivity contribution in [2.24, 2.45) is 0 Å².